The molecule has 0 aliphatic heterocycles. The Bertz CT molecular complexity index is 854. The Labute approximate surface area is 150 Å². The van der Waals surface area contributed by atoms with Gasteiger partial charge in [0, 0.05) is 16.9 Å². The quantitative estimate of drug-likeness (QED) is 0.591. The van der Waals surface area contributed by atoms with Gasteiger partial charge in [0.15, 0.2) is 0 Å². The molecule has 0 radical (unpaired) electrons. The van der Waals surface area contributed by atoms with Gasteiger partial charge in [0.1, 0.15) is 11.6 Å². The van der Waals surface area contributed by atoms with Crippen LogP contribution in [0.3, 0.4) is 0 Å². The number of halogens is 2. The summed E-state index contributed by atoms with van der Waals surface area (Å²) in [5, 5.41) is 15.5. The van der Waals surface area contributed by atoms with E-state index >= 15 is 0 Å². The molecule has 0 bridgehead atoms. The molecule has 2 aromatic carbocycles. The maximum absolute atomic E-state index is 12.2. The highest BCUT2D eigenvalue weighted by atomic mass is 35.5. The number of rotatable bonds is 4. The first-order valence-electron chi connectivity index (χ1n) is 7.11. The van der Waals surface area contributed by atoms with Crippen molar-refractivity contribution < 1.29 is 4.79 Å². The molecule has 1 amide bonds. The van der Waals surface area contributed by atoms with E-state index < -0.39 is 5.91 Å². The van der Waals surface area contributed by atoms with Gasteiger partial charge in [-0.1, -0.05) is 29.3 Å². The van der Waals surface area contributed by atoms with Gasteiger partial charge >= 0.3 is 0 Å². The Balaban J connectivity index is 2.13. The van der Waals surface area contributed by atoms with E-state index in [9.17, 15) is 10.1 Å². The van der Waals surface area contributed by atoms with Gasteiger partial charge in [-0.3, -0.25) is 4.79 Å². The smallest absolute Gasteiger partial charge is 0.267 e. The molecule has 24 heavy (non-hydrogen) atoms. The lowest BCUT2D eigenvalue weighted by molar-refractivity contribution is -0.112. The fraction of sp³-hybridized carbons (Fsp3) is 0.111. The summed E-state index contributed by atoms with van der Waals surface area (Å²) >= 11 is 11.8. The number of nitrogens with zero attached hydrogens (tertiary/aromatic N) is 1. The summed E-state index contributed by atoms with van der Waals surface area (Å²) in [6.45, 7) is 4.00. The van der Waals surface area contributed by atoms with Crippen LogP contribution in [0.15, 0.2) is 48.2 Å². The average molecular weight is 360 g/mol. The number of nitriles is 1. The van der Waals surface area contributed by atoms with Gasteiger partial charge in [-0.25, -0.2) is 0 Å². The summed E-state index contributed by atoms with van der Waals surface area (Å²) in [5.74, 6) is -0.557. The number of hydrogen-bond acceptors (Lipinski definition) is 3. The maximum atomic E-state index is 12.2. The minimum atomic E-state index is -0.557. The van der Waals surface area contributed by atoms with Crippen LogP contribution in [0.4, 0.5) is 11.4 Å². The molecule has 2 N–H and O–H groups in total. The number of anilines is 2. The summed E-state index contributed by atoms with van der Waals surface area (Å²) in [6.07, 6.45) is 1.36. The van der Waals surface area contributed by atoms with Gasteiger partial charge < -0.3 is 10.6 Å². The third-order valence-electron chi connectivity index (χ3n) is 3.43. The van der Waals surface area contributed by atoms with Gasteiger partial charge in [-0.05, 0) is 55.3 Å². The Hall–Kier alpha value is -2.48. The number of benzene rings is 2. The molecule has 0 saturated carbocycles. The summed E-state index contributed by atoms with van der Waals surface area (Å²) in [4.78, 5) is 12.2. The Kier molecular flexibility index (Phi) is 5.86. The second-order valence-electron chi connectivity index (χ2n) is 5.19. The molecular formula is C18H15Cl2N3O. The fourth-order valence-electron chi connectivity index (χ4n) is 1.92. The van der Waals surface area contributed by atoms with E-state index in [0.717, 1.165) is 11.3 Å². The lowest BCUT2D eigenvalue weighted by Gasteiger charge is -2.08. The van der Waals surface area contributed by atoms with Crippen molar-refractivity contribution in [2.45, 2.75) is 13.8 Å². The normalized spacial score (nSPS) is 10.9. The predicted octanol–water partition coefficient (Wildman–Crippen LogP) is 5.07. The Morgan fingerprint density at radius 2 is 1.88 bits per heavy atom. The van der Waals surface area contributed by atoms with E-state index in [2.05, 4.69) is 10.6 Å². The molecule has 0 heterocycles. The van der Waals surface area contributed by atoms with E-state index in [0.29, 0.717) is 15.7 Å². The van der Waals surface area contributed by atoms with Crippen LogP contribution in [0.1, 0.15) is 11.1 Å². The first kappa shape index (κ1) is 17.9. The lowest BCUT2D eigenvalue weighted by Crippen LogP contribution is -2.14. The number of carbonyl (C=O) groups is 1. The molecule has 6 heteroatoms. The average Bonchev–Trinajstić information content (AvgIpc) is 2.54. The summed E-state index contributed by atoms with van der Waals surface area (Å²) in [7, 11) is 0. The zero-order chi connectivity index (χ0) is 17.7. The zero-order valence-electron chi connectivity index (χ0n) is 13.2. The van der Waals surface area contributed by atoms with Gasteiger partial charge in [-0.2, -0.15) is 5.26 Å². The standard InChI is InChI=1S/C18H15Cl2N3O/c1-11-3-5-15(7-12(11)2)22-10-13(9-21)18(24)23-17-6-4-14(19)8-16(17)20/h3-8,10,22H,1-2H3,(H,23,24)/b13-10-. The first-order chi connectivity index (χ1) is 11.4. The molecule has 0 atom stereocenters. The van der Waals surface area contributed by atoms with E-state index in [1.54, 1.807) is 12.1 Å². The molecule has 122 valence electrons. The highest BCUT2D eigenvalue weighted by molar-refractivity contribution is 6.36. The van der Waals surface area contributed by atoms with Gasteiger partial charge in [0.05, 0.1) is 10.7 Å². The molecule has 0 unspecified atom stereocenters. The van der Waals surface area contributed by atoms with E-state index in [4.69, 9.17) is 23.2 Å². The fourth-order valence-corrected chi connectivity index (χ4v) is 2.37. The van der Waals surface area contributed by atoms with Crippen LogP contribution >= 0.6 is 23.2 Å². The van der Waals surface area contributed by atoms with Crippen LogP contribution in [0.2, 0.25) is 10.0 Å². The third-order valence-corrected chi connectivity index (χ3v) is 3.98. The molecule has 0 aliphatic rings. The number of aryl methyl sites for hydroxylation is 2. The van der Waals surface area contributed by atoms with Crippen molar-refractivity contribution in [1.29, 1.82) is 5.26 Å². The van der Waals surface area contributed by atoms with Crippen molar-refractivity contribution in [3.05, 3.63) is 69.3 Å². The summed E-state index contributed by atoms with van der Waals surface area (Å²) in [6, 6.07) is 12.3. The van der Waals surface area contributed by atoms with Crippen molar-refractivity contribution >= 4 is 40.5 Å². The topological polar surface area (TPSA) is 64.9 Å². The van der Waals surface area contributed by atoms with Crippen molar-refractivity contribution in [3.63, 3.8) is 0 Å². The number of carbonyl (C=O) groups excluding carboxylic acids is 1. The lowest BCUT2D eigenvalue weighted by atomic mass is 10.1. The molecule has 2 aromatic rings. The number of nitrogens with one attached hydrogen (secondary N) is 2. The van der Waals surface area contributed by atoms with E-state index in [1.165, 1.54) is 17.8 Å². The van der Waals surface area contributed by atoms with Crippen LogP contribution in [-0.2, 0) is 4.79 Å². The van der Waals surface area contributed by atoms with Crippen LogP contribution in [0.25, 0.3) is 0 Å². The van der Waals surface area contributed by atoms with E-state index in [-0.39, 0.29) is 5.57 Å². The largest absolute Gasteiger partial charge is 0.360 e. The third kappa shape index (κ3) is 4.51. The van der Waals surface area contributed by atoms with Crippen molar-refractivity contribution in [2.75, 3.05) is 10.6 Å². The predicted molar refractivity (Wildman–Crippen MR) is 98.3 cm³/mol. The molecule has 2 rings (SSSR count). The van der Waals surface area contributed by atoms with Crippen LogP contribution in [-0.4, -0.2) is 5.91 Å². The first-order valence-corrected chi connectivity index (χ1v) is 7.87. The summed E-state index contributed by atoms with van der Waals surface area (Å²) in [5.41, 5.74) is 3.39. The number of hydrogen-bond donors (Lipinski definition) is 2. The highest BCUT2D eigenvalue weighted by Crippen LogP contribution is 2.25. The second-order valence-corrected chi connectivity index (χ2v) is 6.04. The van der Waals surface area contributed by atoms with E-state index in [1.807, 2.05) is 38.1 Å². The number of amides is 1. The Morgan fingerprint density at radius 1 is 1.12 bits per heavy atom. The van der Waals surface area contributed by atoms with Gasteiger partial charge in [0.25, 0.3) is 5.91 Å². The summed E-state index contributed by atoms with van der Waals surface area (Å²) < 4.78 is 0. The molecular weight excluding hydrogens is 345 g/mol. The van der Waals surface area contributed by atoms with Gasteiger partial charge in [-0.15, -0.1) is 0 Å². The second kappa shape index (κ2) is 7.87. The minimum Gasteiger partial charge on any atom is -0.360 e. The minimum absolute atomic E-state index is 0.0701. The molecule has 0 spiro atoms. The molecule has 0 fully saturated rings. The molecule has 0 aromatic heterocycles. The Morgan fingerprint density at radius 3 is 2.50 bits per heavy atom. The van der Waals surface area contributed by atoms with Crippen molar-refractivity contribution in [2.24, 2.45) is 0 Å². The SMILES string of the molecule is Cc1ccc(N/C=C(/C#N)C(=O)Nc2ccc(Cl)cc2Cl)cc1C. The zero-order valence-corrected chi connectivity index (χ0v) is 14.7. The monoisotopic (exact) mass is 359 g/mol. The molecule has 0 saturated heterocycles. The molecule has 0 aliphatic carbocycles. The van der Waals surface area contributed by atoms with Crippen LogP contribution in [0, 0.1) is 25.2 Å². The van der Waals surface area contributed by atoms with Crippen LogP contribution in [0.5, 0.6) is 0 Å². The highest BCUT2D eigenvalue weighted by Gasteiger charge is 2.11. The molecule has 4 nitrogen and oxygen atoms in total. The van der Waals surface area contributed by atoms with Gasteiger partial charge in [0.2, 0.25) is 0 Å². The van der Waals surface area contributed by atoms with Crippen molar-refractivity contribution in [3.8, 4) is 6.07 Å². The van der Waals surface area contributed by atoms with Crippen LogP contribution < -0.4 is 10.6 Å². The van der Waals surface area contributed by atoms with Crippen molar-refractivity contribution in [1.82, 2.24) is 0 Å². The maximum Gasteiger partial charge on any atom is 0.267 e.